The molecule has 1 saturated heterocycles. The highest BCUT2D eigenvalue weighted by Crippen LogP contribution is 2.49. The number of Topliss-reactive ketones (excluding diaryl/α,β-unsaturated/α-hetero) is 1. The number of halogens is 1. The smallest absolute Gasteiger partial charge is 0.231 e. The van der Waals surface area contributed by atoms with E-state index in [1.54, 1.807) is 26.0 Å². The van der Waals surface area contributed by atoms with E-state index in [0.29, 0.717) is 5.76 Å². The van der Waals surface area contributed by atoms with Crippen LogP contribution in [0.2, 0.25) is 0 Å². The second-order valence-corrected chi connectivity index (χ2v) is 8.27. The first kappa shape index (κ1) is 24.0. The zero-order valence-electron chi connectivity index (χ0n) is 18.6. The summed E-state index contributed by atoms with van der Waals surface area (Å²) in [4.78, 5) is 26.1. The molecule has 7 nitrogen and oxygen atoms in total. The van der Waals surface area contributed by atoms with Gasteiger partial charge in [-0.1, -0.05) is 42.8 Å². The highest BCUT2D eigenvalue weighted by molar-refractivity contribution is 6.31. The molecule has 32 heavy (non-hydrogen) atoms. The van der Waals surface area contributed by atoms with E-state index >= 15 is 0 Å². The lowest BCUT2D eigenvalue weighted by molar-refractivity contribution is -0.138. The quantitative estimate of drug-likeness (QED) is 0.489. The number of rotatable bonds is 7. The third-order valence-corrected chi connectivity index (χ3v) is 5.97. The van der Waals surface area contributed by atoms with Crippen LogP contribution in [-0.4, -0.2) is 43.1 Å². The molecule has 3 rings (SSSR count). The number of methoxy groups -OCH3 is 2. The number of carbonyl (C=O) groups is 2. The lowest BCUT2D eigenvalue weighted by Crippen LogP contribution is -2.48. The van der Waals surface area contributed by atoms with Gasteiger partial charge in [-0.25, -0.2) is 0 Å². The van der Waals surface area contributed by atoms with Crippen LogP contribution in [0.1, 0.15) is 31.4 Å². The molecule has 0 saturated carbocycles. The van der Waals surface area contributed by atoms with Crippen molar-refractivity contribution in [3.63, 3.8) is 0 Å². The van der Waals surface area contributed by atoms with E-state index in [0.717, 1.165) is 11.1 Å². The molecule has 1 heterocycles. The zero-order chi connectivity index (χ0) is 23.5. The van der Waals surface area contributed by atoms with Crippen molar-refractivity contribution in [2.24, 2.45) is 5.92 Å². The van der Waals surface area contributed by atoms with Crippen LogP contribution in [0.4, 0.5) is 0 Å². The predicted molar refractivity (Wildman–Crippen MR) is 117 cm³/mol. The zero-order valence-corrected chi connectivity index (χ0v) is 19.3. The molecular weight excluding hydrogens is 436 g/mol. The van der Waals surface area contributed by atoms with Gasteiger partial charge in [-0.15, -0.1) is 0 Å². The number of allylic oxidation sites excluding steroid dienone is 3. The predicted octanol–water partition coefficient (Wildman–Crippen LogP) is 3.54. The van der Waals surface area contributed by atoms with Gasteiger partial charge >= 0.3 is 0 Å². The van der Waals surface area contributed by atoms with Crippen molar-refractivity contribution < 1.29 is 33.6 Å². The van der Waals surface area contributed by atoms with Gasteiger partial charge in [-0.05, 0) is 18.1 Å². The molecule has 2 atom stereocenters. The van der Waals surface area contributed by atoms with Gasteiger partial charge in [-0.3, -0.25) is 9.59 Å². The van der Waals surface area contributed by atoms with Crippen molar-refractivity contribution in [1.29, 1.82) is 0 Å². The molecule has 1 aliphatic heterocycles. The fourth-order valence-electron chi connectivity index (χ4n) is 3.89. The Balaban J connectivity index is 2.04. The first-order valence-electron chi connectivity index (χ1n) is 10.2. The highest BCUT2D eigenvalue weighted by Gasteiger charge is 2.60. The highest BCUT2D eigenvalue weighted by atomic mass is 35.5. The molecule has 1 N–H and O–H groups in total. The molecule has 0 amide bonds. The van der Waals surface area contributed by atoms with Gasteiger partial charge in [0.15, 0.2) is 17.3 Å². The average Bonchev–Trinajstić information content (AvgIpc) is 3.09. The fraction of sp³-hybridized carbons (Fsp3) is 0.417. The summed E-state index contributed by atoms with van der Waals surface area (Å²) in [5.74, 6) is -0.373. The van der Waals surface area contributed by atoms with E-state index < -0.39 is 11.5 Å². The second kappa shape index (κ2) is 9.90. The molecule has 0 unspecified atom stereocenters. The maximum Gasteiger partial charge on any atom is 0.231 e. The minimum atomic E-state index is -1.53. The Kier molecular flexibility index (Phi) is 7.44. The number of aliphatic hydroxyl groups is 1. The molecule has 1 aromatic carbocycles. The van der Waals surface area contributed by atoms with Gasteiger partial charge in [0.1, 0.15) is 17.9 Å². The summed E-state index contributed by atoms with van der Waals surface area (Å²) in [6.45, 7) is 3.52. The molecule has 0 bridgehead atoms. The van der Waals surface area contributed by atoms with Gasteiger partial charge < -0.3 is 24.1 Å². The van der Waals surface area contributed by atoms with Crippen LogP contribution >= 0.6 is 11.6 Å². The standard InChI is InChI=1S/C24H27ClO7/c1-14-9-18(27)10-20(31-12-17-7-5-16(11-26)6-8-17)24(14)23(28)21(15(2)30-4)22(32-24)19(25)13-29-3/h5-8,10,14,26H,9,11-13H2,1-4H3/b21-15-,22-19-/t14-,24+/m1/s1. The van der Waals surface area contributed by atoms with E-state index in [-0.39, 0.29) is 59.9 Å². The summed E-state index contributed by atoms with van der Waals surface area (Å²) in [7, 11) is 2.94. The van der Waals surface area contributed by atoms with E-state index in [9.17, 15) is 14.7 Å². The summed E-state index contributed by atoms with van der Waals surface area (Å²) < 4.78 is 22.7. The molecule has 1 aliphatic carbocycles. The molecule has 0 radical (unpaired) electrons. The lowest BCUT2D eigenvalue weighted by Gasteiger charge is -2.36. The van der Waals surface area contributed by atoms with Crippen LogP contribution in [0.5, 0.6) is 0 Å². The molecule has 1 spiro atoms. The van der Waals surface area contributed by atoms with E-state index in [1.807, 2.05) is 12.1 Å². The van der Waals surface area contributed by atoms with E-state index in [2.05, 4.69) is 0 Å². The largest absolute Gasteiger partial charge is 0.500 e. The van der Waals surface area contributed by atoms with Crippen LogP contribution in [0.15, 0.2) is 58.2 Å². The maximum atomic E-state index is 13.8. The Morgan fingerprint density at radius 2 is 1.88 bits per heavy atom. The summed E-state index contributed by atoms with van der Waals surface area (Å²) in [6.07, 6.45) is 1.45. The van der Waals surface area contributed by atoms with Crippen LogP contribution < -0.4 is 0 Å². The topological polar surface area (TPSA) is 91.3 Å². The summed E-state index contributed by atoms with van der Waals surface area (Å²) in [6, 6.07) is 7.18. The molecule has 8 heteroatoms. The molecule has 1 aromatic rings. The first-order chi connectivity index (χ1) is 15.3. The summed E-state index contributed by atoms with van der Waals surface area (Å²) >= 11 is 6.42. The Labute approximate surface area is 192 Å². The van der Waals surface area contributed by atoms with Gasteiger partial charge in [0.25, 0.3) is 0 Å². The normalized spacial score (nSPS) is 26.1. The Morgan fingerprint density at radius 1 is 1.22 bits per heavy atom. The van der Waals surface area contributed by atoms with Crippen molar-refractivity contribution in [3.05, 3.63) is 69.4 Å². The molecular formula is C24H27ClO7. The van der Waals surface area contributed by atoms with Crippen LogP contribution in [0.25, 0.3) is 0 Å². The first-order valence-corrected chi connectivity index (χ1v) is 10.6. The van der Waals surface area contributed by atoms with Crippen LogP contribution in [-0.2, 0) is 41.8 Å². The van der Waals surface area contributed by atoms with E-state index in [1.165, 1.54) is 20.3 Å². The Bertz CT molecular complexity index is 990. The number of carbonyl (C=O) groups excluding carboxylic acids is 2. The van der Waals surface area contributed by atoms with Gasteiger partial charge in [0, 0.05) is 25.5 Å². The van der Waals surface area contributed by atoms with Crippen molar-refractivity contribution >= 4 is 23.2 Å². The molecule has 2 aliphatic rings. The third-order valence-electron chi connectivity index (χ3n) is 5.69. The van der Waals surface area contributed by atoms with Gasteiger partial charge in [-0.2, -0.15) is 0 Å². The summed E-state index contributed by atoms with van der Waals surface area (Å²) in [5, 5.41) is 9.43. The molecule has 1 fully saturated rings. The minimum Gasteiger partial charge on any atom is -0.500 e. The number of ketones is 2. The monoisotopic (exact) mass is 462 g/mol. The van der Waals surface area contributed by atoms with Gasteiger partial charge in [0.05, 0.1) is 25.4 Å². The van der Waals surface area contributed by atoms with Crippen molar-refractivity contribution in [3.8, 4) is 0 Å². The SMILES string of the molecule is COC/C(Cl)=C1/O[C@]2(C(=O)/C1=C(/C)OC)C(OCc1ccc(CO)cc1)=CC(=O)C[C@H]2C. The number of hydrogen-bond acceptors (Lipinski definition) is 7. The number of ether oxygens (including phenoxy) is 4. The lowest BCUT2D eigenvalue weighted by atomic mass is 9.75. The Morgan fingerprint density at radius 3 is 2.47 bits per heavy atom. The third kappa shape index (κ3) is 4.33. The van der Waals surface area contributed by atoms with Crippen LogP contribution in [0.3, 0.4) is 0 Å². The van der Waals surface area contributed by atoms with E-state index in [4.69, 9.17) is 30.5 Å². The van der Waals surface area contributed by atoms with Crippen molar-refractivity contribution in [2.75, 3.05) is 20.8 Å². The number of benzene rings is 1. The molecule has 172 valence electrons. The Hall–Kier alpha value is -2.61. The second-order valence-electron chi connectivity index (χ2n) is 7.81. The van der Waals surface area contributed by atoms with Crippen molar-refractivity contribution in [2.45, 2.75) is 39.1 Å². The number of aliphatic hydroxyl groups excluding tert-OH is 1. The van der Waals surface area contributed by atoms with Crippen LogP contribution in [0, 0.1) is 5.92 Å². The summed E-state index contributed by atoms with van der Waals surface area (Å²) in [5.41, 5.74) is 0.258. The fourth-order valence-corrected chi connectivity index (χ4v) is 4.13. The molecule has 0 aromatic heterocycles. The van der Waals surface area contributed by atoms with Gasteiger partial charge in [0.2, 0.25) is 11.4 Å². The number of hydrogen-bond donors (Lipinski definition) is 1. The maximum absolute atomic E-state index is 13.8. The average molecular weight is 463 g/mol. The van der Waals surface area contributed by atoms with Crippen molar-refractivity contribution in [1.82, 2.24) is 0 Å². The minimum absolute atomic E-state index is 0.0468.